The minimum atomic E-state index is -0.116. The van der Waals surface area contributed by atoms with Gasteiger partial charge < -0.3 is 10.2 Å². The molecule has 1 amide bonds. The van der Waals surface area contributed by atoms with Gasteiger partial charge in [0.2, 0.25) is 0 Å². The van der Waals surface area contributed by atoms with Crippen LogP contribution < -0.4 is 10.2 Å². The van der Waals surface area contributed by atoms with Gasteiger partial charge in [-0.15, -0.1) is 0 Å². The number of anilines is 1. The Hall–Kier alpha value is -2.36. The fraction of sp³-hybridized carbons (Fsp3) is 0.400. The smallest absolute Gasteiger partial charge is 0.270 e. The summed E-state index contributed by atoms with van der Waals surface area (Å²) in [6.07, 6.45) is 2.69. The summed E-state index contributed by atoms with van der Waals surface area (Å²) in [6.45, 7) is 9.18. The summed E-state index contributed by atoms with van der Waals surface area (Å²) in [7, 11) is 0. The van der Waals surface area contributed by atoms with Gasteiger partial charge in [-0.25, -0.2) is 4.98 Å². The molecule has 0 aliphatic heterocycles. The molecule has 1 atom stereocenters. The quantitative estimate of drug-likeness (QED) is 0.836. The van der Waals surface area contributed by atoms with Crippen LogP contribution in [0.5, 0.6) is 0 Å². The van der Waals surface area contributed by atoms with Crippen molar-refractivity contribution < 1.29 is 4.79 Å². The molecule has 24 heavy (non-hydrogen) atoms. The maximum absolute atomic E-state index is 12.1. The second-order valence-electron chi connectivity index (χ2n) is 6.39. The minimum absolute atomic E-state index is 0.116. The molecule has 1 heterocycles. The first kappa shape index (κ1) is 18.0. The van der Waals surface area contributed by atoms with Crippen molar-refractivity contribution in [3.63, 3.8) is 0 Å². The van der Waals surface area contributed by atoms with E-state index >= 15 is 0 Å². The molecule has 1 unspecified atom stereocenters. The molecule has 0 fully saturated rings. The summed E-state index contributed by atoms with van der Waals surface area (Å²) in [5.74, 6) is -0.116. The van der Waals surface area contributed by atoms with Gasteiger partial charge in [-0.1, -0.05) is 37.3 Å². The fourth-order valence-corrected chi connectivity index (χ4v) is 2.44. The van der Waals surface area contributed by atoms with E-state index in [4.69, 9.17) is 0 Å². The van der Waals surface area contributed by atoms with Crippen molar-refractivity contribution in [2.24, 2.45) is 0 Å². The van der Waals surface area contributed by atoms with E-state index in [2.05, 4.69) is 53.3 Å². The van der Waals surface area contributed by atoms with E-state index in [1.807, 2.05) is 26.0 Å². The van der Waals surface area contributed by atoms with Crippen molar-refractivity contribution >= 4 is 11.6 Å². The lowest BCUT2D eigenvalue weighted by Gasteiger charge is -2.29. The van der Waals surface area contributed by atoms with Gasteiger partial charge in [-0.2, -0.15) is 0 Å². The summed E-state index contributed by atoms with van der Waals surface area (Å²) in [6, 6.07) is 14.6. The summed E-state index contributed by atoms with van der Waals surface area (Å²) in [5.41, 5.74) is 2.74. The van der Waals surface area contributed by atoms with Crippen LogP contribution in [0.1, 0.15) is 50.2 Å². The van der Waals surface area contributed by atoms with Crippen molar-refractivity contribution in [3.8, 4) is 0 Å². The van der Waals surface area contributed by atoms with Crippen molar-refractivity contribution in [1.82, 2.24) is 10.3 Å². The Balaban J connectivity index is 2.13. The molecule has 0 saturated heterocycles. The second-order valence-corrected chi connectivity index (χ2v) is 6.39. The molecule has 2 rings (SSSR count). The number of hydrogen-bond acceptors (Lipinski definition) is 3. The number of carbonyl (C=O) groups excluding carboxylic acids is 1. The zero-order valence-electron chi connectivity index (χ0n) is 15.0. The normalized spacial score (nSPS) is 12.0. The summed E-state index contributed by atoms with van der Waals surface area (Å²) < 4.78 is 0. The highest BCUT2D eigenvalue weighted by Gasteiger charge is 2.14. The molecule has 0 saturated carbocycles. The minimum Gasteiger partial charge on any atom is -0.364 e. The number of carbonyl (C=O) groups is 1. The number of aromatic nitrogens is 1. The van der Waals surface area contributed by atoms with Gasteiger partial charge in [0, 0.05) is 18.6 Å². The highest BCUT2D eigenvalue weighted by atomic mass is 16.1. The van der Waals surface area contributed by atoms with Crippen LogP contribution in [-0.4, -0.2) is 23.0 Å². The lowest BCUT2D eigenvalue weighted by molar-refractivity contribution is 0.0934. The Kier molecular flexibility index (Phi) is 6.36. The number of nitrogens with zero attached hydrogens (tertiary/aromatic N) is 2. The largest absolute Gasteiger partial charge is 0.364 e. The first-order valence-electron chi connectivity index (χ1n) is 8.58. The molecule has 0 bridgehead atoms. The lowest BCUT2D eigenvalue weighted by atomic mass is 10.1. The van der Waals surface area contributed by atoms with Crippen LogP contribution >= 0.6 is 0 Å². The third kappa shape index (κ3) is 4.82. The van der Waals surface area contributed by atoms with Crippen LogP contribution in [0.15, 0.2) is 48.7 Å². The maximum atomic E-state index is 12.1. The molecule has 4 nitrogen and oxygen atoms in total. The SMILES string of the molecule is CCC(C)NC(=O)c1ccc(N(Cc2ccccc2)C(C)C)cn1. The lowest BCUT2D eigenvalue weighted by Crippen LogP contribution is -2.33. The molecule has 0 radical (unpaired) electrons. The molecule has 0 spiro atoms. The molecular weight excluding hydrogens is 298 g/mol. The Labute approximate surface area is 144 Å². The number of nitrogens with one attached hydrogen (secondary N) is 1. The molecule has 1 aromatic heterocycles. The number of benzene rings is 1. The van der Waals surface area contributed by atoms with E-state index in [-0.39, 0.29) is 11.9 Å². The molecule has 0 aliphatic carbocycles. The Morgan fingerprint density at radius 3 is 2.38 bits per heavy atom. The fourth-order valence-electron chi connectivity index (χ4n) is 2.44. The Morgan fingerprint density at radius 2 is 1.83 bits per heavy atom. The van der Waals surface area contributed by atoms with E-state index in [1.54, 1.807) is 12.3 Å². The Morgan fingerprint density at radius 1 is 1.12 bits per heavy atom. The topological polar surface area (TPSA) is 45.2 Å². The highest BCUT2D eigenvalue weighted by molar-refractivity contribution is 5.92. The van der Waals surface area contributed by atoms with E-state index in [9.17, 15) is 4.79 Å². The number of hydrogen-bond donors (Lipinski definition) is 1. The first-order valence-corrected chi connectivity index (χ1v) is 8.58. The van der Waals surface area contributed by atoms with E-state index in [0.717, 1.165) is 18.7 Å². The third-order valence-electron chi connectivity index (χ3n) is 4.12. The Bertz CT molecular complexity index is 638. The maximum Gasteiger partial charge on any atom is 0.270 e. The number of amides is 1. The van der Waals surface area contributed by atoms with Crippen LogP contribution in [0.2, 0.25) is 0 Å². The summed E-state index contributed by atoms with van der Waals surface area (Å²) in [4.78, 5) is 18.8. The molecule has 2 aromatic rings. The van der Waals surface area contributed by atoms with Crippen molar-refractivity contribution in [1.29, 1.82) is 0 Å². The first-order chi connectivity index (χ1) is 11.5. The van der Waals surface area contributed by atoms with Crippen molar-refractivity contribution in [2.75, 3.05) is 4.90 Å². The predicted octanol–water partition coefficient (Wildman–Crippen LogP) is 4.02. The van der Waals surface area contributed by atoms with Crippen molar-refractivity contribution in [3.05, 3.63) is 59.9 Å². The third-order valence-corrected chi connectivity index (χ3v) is 4.12. The molecule has 128 valence electrons. The van der Waals surface area contributed by atoms with Gasteiger partial charge in [0.1, 0.15) is 5.69 Å². The molecule has 4 heteroatoms. The summed E-state index contributed by atoms with van der Waals surface area (Å²) in [5, 5.41) is 2.94. The van der Waals surface area contributed by atoms with Crippen LogP contribution in [-0.2, 0) is 6.54 Å². The standard InChI is InChI=1S/C20H27N3O/c1-5-16(4)22-20(24)19-12-11-18(13-21-19)23(15(2)3)14-17-9-7-6-8-10-17/h6-13,15-16H,5,14H2,1-4H3,(H,22,24). The molecule has 1 aromatic carbocycles. The van der Waals surface area contributed by atoms with Crippen LogP contribution in [0.3, 0.4) is 0 Å². The zero-order chi connectivity index (χ0) is 17.5. The second kappa shape index (κ2) is 8.48. The van der Waals surface area contributed by atoms with Gasteiger partial charge in [0.05, 0.1) is 11.9 Å². The predicted molar refractivity (Wildman–Crippen MR) is 99.2 cm³/mol. The van der Waals surface area contributed by atoms with Gasteiger partial charge in [-0.3, -0.25) is 4.79 Å². The van der Waals surface area contributed by atoms with Gasteiger partial charge >= 0.3 is 0 Å². The van der Waals surface area contributed by atoms with Crippen molar-refractivity contribution in [2.45, 2.75) is 52.7 Å². The molecule has 1 N–H and O–H groups in total. The van der Waals surface area contributed by atoms with Gasteiger partial charge in [-0.05, 0) is 44.9 Å². The highest BCUT2D eigenvalue weighted by Crippen LogP contribution is 2.19. The molecular formula is C20H27N3O. The van der Waals surface area contributed by atoms with Crippen LogP contribution in [0.25, 0.3) is 0 Å². The zero-order valence-corrected chi connectivity index (χ0v) is 15.0. The van der Waals surface area contributed by atoms with Crippen LogP contribution in [0, 0.1) is 0 Å². The van der Waals surface area contributed by atoms with Crippen LogP contribution in [0.4, 0.5) is 5.69 Å². The monoisotopic (exact) mass is 325 g/mol. The van der Waals surface area contributed by atoms with E-state index < -0.39 is 0 Å². The average molecular weight is 325 g/mol. The van der Waals surface area contributed by atoms with E-state index in [0.29, 0.717) is 11.7 Å². The summed E-state index contributed by atoms with van der Waals surface area (Å²) >= 11 is 0. The van der Waals surface area contributed by atoms with Gasteiger partial charge in [0.25, 0.3) is 5.91 Å². The number of rotatable bonds is 7. The number of pyridine rings is 1. The van der Waals surface area contributed by atoms with E-state index in [1.165, 1.54) is 5.56 Å². The van der Waals surface area contributed by atoms with Gasteiger partial charge in [0.15, 0.2) is 0 Å². The average Bonchev–Trinajstić information content (AvgIpc) is 2.60. The molecule has 0 aliphatic rings.